The van der Waals surface area contributed by atoms with Gasteiger partial charge in [0.15, 0.2) is 0 Å². The highest BCUT2D eigenvalue weighted by molar-refractivity contribution is 5.90. The molecule has 0 radical (unpaired) electrons. The zero-order chi connectivity index (χ0) is 31.2. The molecule has 2 saturated heterocycles. The maximum Gasteiger partial charge on any atom is 0.245 e. The van der Waals surface area contributed by atoms with Gasteiger partial charge in [-0.15, -0.1) is 0 Å². The lowest BCUT2D eigenvalue weighted by Crippen LogP contribution is -2.57. The second kappa shape index (κ2) is 18.1. The van der Waals surface area contributed by atoms with Crippen LogP contribution in [0.5, 0.6) is 0 Å². The summed E-state index contributed by atoms with van der Waals surface area (Å²) in [6.07, 6.45) is 8.55. The van der Waals surface area contributed by atoms with Crippen LogP contribution in [0.2, 0.25) is 0 Å². The second-order valence-electron chi connectivity index (χ2n) is 12.8. The van der Waals surface area contributed by atoms with Crippen molar-refractivity contribution in [1.82, 2.24) is 20.0 Å². The number of carbonyl (C=O) groups excluding carboxylic acids is 3. The molecule has 2 unspecified atom stereocenters. The van der Waals surface area contributed by atoms with Crippen LogP contribution in [0.15, 0.2) is 42.0 Å². The second-order valence-corrected chi connectivity index (χ2v) is 12.8. The largest absolute Gasteiger partial charge is 0.343 e. The Bertz CT molecular complexity index is 999. The normalized spacial score (nSPS) is 19.2. The van der Waals surface area contributed by atoms with Gasteiger partial charge in [-0.2, -0.15) is 0 Å². The van der Waals surface area contributed by atoms with Gasteiger partial charge < -0.3 is 15.1 Å². The molecule has 7 heteroatoms. The molecule has 0 aromatic heterocycles. The number of hydrogen-bond donors (Lipinski definition) is 1. The summed E-state index contributed by atoms with van der Waals surface area (Å²) in [6, 6.07) is 10.1. The van der Waals surface area contributed by atoms with Crippen molar-refractivity contribution in [2.24, 2.45) is 5.92 Å². The lowest BCUT2D eigenvalue weighted by molar-refractivity contribution is -0.138. The number of benzene rings is 1. The van der Waals surface area contributed by atoms with E-state index in [1.807, 2.05) is 37.8 Å². The first kappa shape index (κ1) is 35.5. The van der Waals surface area contributed by atoms with Gasteiger partial charge in [-0.3, -0.25) is 19.3 Å². The molecular formula is C35H58N4O3. The summed E-state index contributed by atoms with van der Waals surface area (Å²) >= 11 is 0. The molecule has 7 nitrogen and oxygen atoms in total. The minimum Gasteiger partial charge on any atom is -0.343 e. The number of carbonyl (C=O) groups is 3. The van der Waals surface area contributed by atoms with Crippen molar-refractivity contribution in [2.75, 3.05) is 33.2 Å². The van der Waals surface area contributed by atoms with Gasteiger partial charge in [0.25, 0.3) is 0 Å². The molecule has 2 aliphatic heterocycles. The van der Waals surface area contributed by atoms with Gasteiger partial charge >= 0.3 is 0 Å². The van der Waals surface area contributed by atoms with E-state index in [9.17, 15) is 14.4 Å². The minimum absolute atomic E-state index is 0.0227. The monoisotopic (exact) mass is 582 g/mol. The molecule has 2 atom stereocenters. The number of nitrogens with zero attached hydrogens (tertiary/aromatic N) is 3. The Hall–Kier alpha value is -2.67. The Kier molecular flexibility index (Phi) is 15.3. The van der Waals surface area contributed by atoms with Gasteiger partial charge in [0.2, 0.25) is 17.7 Å². The summed E-state index contributed by atoms with van der Waals surface area (Å²) in [5.41, 5.74) is 2.32. The number of nitrogens with one attached hydrogen (secondary N) is 1. The summed E-state index contributed by atoms with van der Waals surface area (Å²) in [5, 5.41) is 3.08. The van der Waals surface area contributed by atoms with Crippen LogP contribution in [-0.4, -0.2) is 83.8 Å². The van der Waals surface area contributed by atoms with Gasteiger partial charge in [-0.25, -0.2) is 0 Å². The van der Waals surface area contributed by atoms with Crippen LogP contribution in [-0.2, 0) is 14.4 Å². The van der Waals surface area contributed by atoms with E-state index in [1.165, 1.54) is 12.0 Å². The highest BCUT2D eigenvalue weighted by Crippen LogP contribution is 2.28. The Morgan fingerprint density at radius 2 is 1.60 bits per heavy atom. The Morgan fingerprint density at radius 1 is 0.976 bits per heavy atom. The van der Waals surface area contributed by atoms with Crippen LogP contribution in [0.25, 0.3) is 0 Å². The first-order valence-corrected chi connectivity index (χ1v) is 16.3. The van der Waals surface area contributed by atoms with Crippen LogP contribution in [0, 0.1) is 5.92 Å². The van der Waals surface area contributed by atoms with E-state index >= 15 is 0 Å². The number of likely N-dealkylation sites (N-methyl/N-ethyl adjacent to an activating group) is 1. The molecule has 2 heterocycles. The third-order valence-corrected chi connectivity index (χ3v) is 8.38. The van der Waals surface area contributed by atoms with Crippen molar-refractivity contribution in [1.29, 1.82) is 0 Å². The molecule has 2 fully saturated rings. The highest BCUT2D eigenvalue weighted by atomic mass is 16.2. The fraction of sp³-hybridized carbons (Fsp3) is 0.686. The zero-order valence-electron chi connectivity index (χ0n) is 27.7. The lowest BCUT2D eigenvalue weighted by Gasteiger charge is -2.38. The fourth-order valence-electron chi connectivity index (χ4n) is 5.85. The van der Waals surface area contributed by atoms with Gasteiger partial charge in [-0.1, -0.05) is 82.5 Å². The van der Waals surface area contributed by atoms with E-state index in [1.54, 1.807) is 11.9 Å². The standard InChI is InChI=1S/C32H50N4O3.C3H8/c1-23(2)30(33-31(38)28-14-10-11-18-36(28)24(3)4)32(39)34(6)19-15-25(5)22-29(37)35-20-16-27(17-21-35)26-12-8-7-9-13-26;1-3-2/h7-9,12-13,15,23-24,27-28,30H,10-11,14,16-22H2,1-6H3,(H,33,38);3H2,1-2H3/b25-15+;. The summed E-state index contributed by atoms with van der Waals surface area (Å²) < 4.78 is 0. The van der Waals surface area contributed by atoms with Gasteiger partial charge in [-0.05, 0) is 70.4 Å². The Balaban J connectivity index is 0.00000197. The van der Waals surface area contributed by atoms with Crippen LogP contribution < -0.4 is 5.32 Å². The quantitative estimate of drug-likeness (QED) is 0.343. The fourth-order valence-corrected chi connectivity index (χ4v) is 5.85. The topological polar surface area (TPSA) is 73.0 Å². The summed E-state index contributed by atoms with van der Waals surface area (Å²) in [5.74, 6) is 0.512. The molecular weight excluding hydrogens is 524 g/mol. The average molecular weight is 583 g/mol. The van der Waals surface area contributed by atoms with E-state index in [0.717, 1.165) is 57.3 Å². The Morgan fingerprint density at radius 3 is 2.17 bits per heavy atom. The first-order chi connectivity index (χ1) is 20.0. The molecule has 1 aromatic rings. The molecule has 3 rings (SSSR count). The molecule has 2 aliphatic rings. The van der Waals surface area contributed by atoms with Crippen LogP contribution >= 0.6 is 0 Å². The first-order valence-electron chi connectivity index (χ1n) is 16.3. The average Bonchev–Trinajstić information content (AvgIpc) is 2.98. The zero-order valence-corrected chi connectivity index (χ0v) is 27.7. The van der Waals surface area contributed by atoms with Gasteiger partial charge in [0.1, 0.15) is 6.04 Å². The van der Waals surface area contributed by atoms with E-state index in [4.69, 9.17) is 0 Å². The number of piperidine rings is 2. The number of amides is 3. The maximum absolute atomic E-state index is 13.3. The van der Waals surface area contributed by atoms with E-state index in [-0.39, 0.29) is 29.7 Å². The molecule has 0 spiro atoms. The SMILES string of the molecule is C/C(=C\CN(C)C(=O)C(NC(=O)C1CCCCN1C(C)C)C(C)C)CC(=O)N1CCC(c2ccccc2)CC1.CCC. The highest BCUT2D eigenvalue weighted by Gasteiger charge is 2.34. The molecule has 236 valence electrons. The van der Waals surface area contributed by atoms with Crippen molar-refractivity contribution >= 4 is 17.7 Å². The summed E-state index contributed by atoms with van der Waals surface area (Å²) in [7, 11) is 1.77. The molecule has 1 N–H and O–H groups in total. The Labute approximate surface area is 256 Å². The van der Waals surface area contributed by atoms with Crippen molar-refractivity contribution in [3.8, 4) is 0 Å². The number of likely N-dealkylation sites (tertiary alicyclic amines) is 2. The predicted molar refractivity (Wildman–Crippen MR) is 173 cm³/mol. The van der Waals surface area contributed by atoms with Gasteiger partial charge in [0.05, 0.1) is 6.04 Å². The minimum atomic E-state index is -0.570. The summed E-state index contributed by atoms with van der Waals surface area (Å²) in [4.78, 5) is 45.4. The molecule has 3 amide bonds. The smallest absolute Gasteiger partial charge is 0.245 e. The van der Waals surface area contributed by atoms with Crippen LogP contribution in [0.1, 0.15) is 105 Å². The van der Waals surface area contributed by atoms with E-state index in [2.05, 4.69) is 62.2 Å². The number of hydrogen-bond acceptors (Lipinski definition) is 4. The third-order valence-electron chi connectivity index (χ3n) is 8.38. The molecule has 42 heavy (non-hydrogen) atoms. The maximum atomic E-state index is 13.3. The molecule has 0 saturated carbocycles. The molecule has 0 aliphatic carbocycles. The molecule has 1 aromatic carbocycles. The number of rotatable bonds is 10. The molecule has 0 bridgehead atoms. The lowest BCUT2D eigenvalue weighted by atomic mass is 9.89. The van der Waals surface area contributed by atoms with Crippen molar-refractivity contribution in [3.05, 3.63) is 47.5 Å². The van der Waals surface area contributed by atoms with Crippen molar-refractivity contribution < 1.29 is 14.4 Å². The predicted octanol–water partition coefficient (Wildman–Crippen LogP) is 6.01. The van der Waals surface area contributed by atoms with Crippen LogP contribution in [0.3, 0.4) is 0 Å². The van der Waals surface area contributed by atoms with Crippen molar-refractivity contribution in [3.63, 3.8) is 0 Å². The van der Waals surface area contributed by atoms with Crippen LogP contribution in [0.4, 0.5) is 0 Å². The van der Waals surface area contributed by atoms with E-state index < -0.39 is 6.04 Å². The van der Waals surface area contributed by atoms with E-state index in [0.29, 0.717) is 24.9 Å². The summed E-state index contributed by atoms with van der Waals surface area (Å²) in [6.45, 7) is 17.3. The van der Waals surface area contributed by atoms with Gasteiger partial charge in [0, 0.05) is 39.1 Å². The third kappa shape index (κ3) is 10.9. The van der Waals surface area contributed by atoms with Crippen molar-refractivity contribution in [2.45, 2.75) is 117 Å².